The molecule has 3 aliphatic rings. The van der Waals surface area contributed by atoms with Crippen LogP contribution in [0, 0.1) is 13.8 Å². The predicted octanol–water partition coefficient (Wildman–Crippen LogP) is 2.35. The number of nitrogens with zero attached hydrogens (tertiary/aromatic N) is 2. The molecule has 0 aromatic heterocycles. The van der Waals surface area contributed by atoms with Gasteiger partial charge in [-0.3, -0.25) is 4.99 Å². The van der Waals surface area contributed by atoms with Crippen LogP contribution in [0.25, 0.3) is 0 Å². The van der Waals surface area contributed by atoms with Crippen molar-refractivity contribution >= 4 is 15.9 Å². The Kier molecular flexibility index (Phi) is 5.80. The summed E-state index contributed by atoms with van der Waals surface area (Å²) in [6.45, 7) is 7.10. The summed E-state index contributed by atoms with van der Waals surface area (Å²) >= 11 is 0. The van der Waals surface area contributed by atoms with E-state index in [1.807, 2.05) is 44.2 Å². The quantitative estimate of drug-likeness (QED) is 0.713. The summed E-state index contributed by atoms with van der Waals surface area (Å²) in [5.74, 6) is 2.44. The average molecular weight is 471 g/mol. The number of sulfonamides is 1. The monoisotopic (exact) mass is 470 g/mol. The number of ether oxygens (including phenoxy) is 2. The van der Waals surface area contributed by atoms with Gasteiger partial charge in [-0.15, -0.1) is 0 Å². The molecule has 1 saturated heterocycles. The van der Waals surface area contributed by atoms with Crippen LogP contribution >= 0.6 is 0 Å². The maximum atomic E-state index is 13.3. The number of hydrogen-bond acceptors (Lipinski definition) is 7. The van der Waals surface area contributed by atoms with Crippen molar-refractivity contribution in [2.45, 2.75) is 43.7 Å². The largest absolute Gasteiger partial charge is 0.454 e. The molecule has 9 heteroatoms. The number of aryl methyl sites for hydroxylation is 2. The molecule has 5 rings (SSSR count). The summed E-state index contributed by atoms with van der Waals surface area (Å²) in [6.07, 6.45) is 1.34. The van der Waals surface area contributed by atoms with Gasteiger partial charge >= 0.3 is 0 Å². The highest BCUT2D eigenvalue weighted by Gasteiger charge is 2.43. The molecule has 2 aromatic carbocycles. The lowest BCUT2D eigenvalue weighted by molar-refractivity contribution is 0.174. The molecule has 33 heavy (non-hydrogen) atoms. The molecular weight excluding hydrogens is 440 g/mol. The molecule has 1 spiro atoms. The first-order chi connectivity index (χ1) is 15.9. The van der Waals surface area contributed by atoms with E-state index in [0.29, 0.717) is 43.9 Å². The van der Waals surface area contributed by atoms with Crippen LogP contribution in [-0.4, -0.2) is 57.1 Å². The fourth-order valence-electron chi connectivity index (χ4n) is 4.91. The van der Waals surface area contributed by atoms with Gasteiger partial charge in [0.25, 0.3) is 0 Å². The van der Waals surface area contributed by atoms with Crippen molar-refractivity contribution in [3.05, 3.63) is 53.1 Å². The topological polar surface area (TPSA) is 92.3 Å². The number of amidine groups is 1. The molecule has 2 aromatic rings. The van der Waals surface area contributed by atoms with Gasteiger partial charge in [-0.25, -0.2) is 8.42 Å². The lowest BCUT2D eigenvalue weighted by atomic mass is 9.85. The van der Waals surface area contributed by atoms with E-state index in [0.717, 1.165) is 40.6 Å². The van der Waals surface area contributed by atoms with E-state index in [1.54, 1.807) is 10.4 Å². The van der Waals surface area contributed by atoms with E-state index in [9.17, 15) is 8.42 Å². The van der Waals surface area contributed by atoms with Crippen LogP contribution in [0.2, 0.25) is 0 Å². The maximum Gasteiger partial charge on any atom is 0.243 e. The van der Waals surface area contributed by atoms with Crippen LogP contribution in [0.5, 0.6) is 11.5 Å². The van der Waals surface area contributed by atoms with Crippen molar-refractivity contribution in [2.24, 2.45) is 4.99 Å². The second-order valence-corrected chi connectivity index (χ2v) is 10.9. The van der Waals surface area contributed by atoms with E-state index < -0.39 is 10.0 Å². The van der Waals surface area contributed by atoms with Crippen LogP contribution in [0.4, 0.5) is 0 Å². The van der Waals surface area contributed by atoms with Crippen LogP contribution in [-0.2, 0) is 16.6 Å². The number of nitrogens with one attached hydrogen (secondary N) is 2. The zero-order valence-corrected chi connectivity index (χ0v) is 19.9. The van der Waals surface area contributed by atoms with Crippen molar-refractivity contribution < 1.29 is 17.9 Å². The molecule has 8 nitrogen and oxygen atoms in total. The van der Waals surface area contributed by atoms with Crippen LogP contribution in [0.3, 0.4) is 0 Å². The number of fused-ring (bicyclic) bond motifs is 1. The molecule has 0 saturated carbocycles. The molecule has 3 aliphatic heterocycles. The highest BCUT2D eigenvalue weighted by molar-refractivity contribution is 7.89. The van der Waals surface area contributed by atoms with Crippen molar-refractivity contribution in [3.63, 3.8) is 0 Å². The molecule has 1 fully saturated rings. The standard InChI is InChI=1S/C24H30N4O4S/c1-17-3-6-22(18(2)13-17)33(29,30)28-11-7-24(8-12-28)23(25-9-10-27-24)26-15-19-4-5-20-21(14-19)32-16-31-20/h3-6,13-14,27H,7-12,15-16H2,1-2H3,(H,25,26). The zero-order valence-electron chi connectivity index (χ0n) is 19.1. The van der Waals surface area contributed by atoms with Gasteiger partial charge in [0, 0.05) is 26.2 Å². The van der Waals surface area contributed by atoms with E-state index in [2.05, 4.69) is 10.6 Å². The molecule has 0 radical (unpaired) electrons. The number of benzene rings is 2. The molecule has 0 amide bonds. The Labute approximate surface area is 195 Å². The van der Waals surface area contributed by atoms with Crippen LogP contribution in [0.15, 0.2) is 46.3 Å². The number of hydrogen-bond donors (Lipinski definition) is 2. The Morgan fingerprint density at radius 1 is 1.09 bits per heavy atom. The van der Waals surface area contributed by atoms with Crippen LogP contribution < -0.4 is 20.1 Å². The third-order valence-corrected chi connectivity index (χ3v) is 8.78. The Bertz CT molecular complexity index is 1190. The molecule has 3 heterocycles. The van der Waals surface area contributed by atoms with Gasteiger partial charge < -0.3 is 20.1 Å². The lowest BCUT2D eigenvalue weighted by Crippen LogP contribution is -2.64. The van der Waals surface area contributed by atoms with E-state index in [1.165, 1.54) is 0 Å². The first kappa shape index (κ1) is 22.2. The molecule has 0 unspecified atom stereocenters. The third kappa shape index (κ3) is 4.20. The number of piperidine rings is 1. The van der Waals surface area contributed by atoms with Gasteiger partial charge in [0.05, 0.1) is 17.0 Å². The summed E-state index contributed by atoms with van der Waals surface area (Å²) in [7, 11) is -3.52. The lowest BCUT2D eigenvalue weighted by Gasteiger charge is -2.44. The molecule has 2 N–H and O–H groups in total. The van der Waals surface area contributed by atoms with Gasteiger partial charge in [0.2, 0.25) is 16.8 Å². The summed E-state index contributed by atoms with van der Waals surface area (Å²) in [4.78, 5) is 5.18. The first-order valence-corrected chi connectivity index (χ1v) is 12.8. The third-order valence-electron chi connectivity index (χ3n) is 6.72. The fraction of sp³-hybridized carbons (Fsp3) is 0.458. The van der Waals surface area contributed by atoms with Gasteiger partial charge in [0.1, 0.15) is 5.84 Å². The predicted molar refractivity (Wildman–Crippen MR) is 126 cm³/mol. The molecular formula is C24H30N4O4S. The molecule has 0 bridgehead atoms. The van der Waals surface area contributed by atoms with Crippen LogP contribution in [0.1, 0.15) is 29.5 Å². The van der Waals surface area contributed by atoms with Gasteiger partial charge in [-0.05, 0) is 56.0 Å². The minimum Gasteiger partial charge on any atom is -0.454 e. The smallest absolute Gasteiger partial charge is 0.243 e. The molecule has 0 atom stereocenters. The second-order valence-electron chi connectivity index (χ2n) is 8.95. The van der Waals surface area contributed by atoms with Crippen molar-refractivity contribution in [3.8, 4) is 11.5 Å². The second kappa shape index (κ2) is 8.62. The average Bonchev–Trinajstić information content (AvgIpc) is 3.27. The fourth-order valence-corrected chi connectivity index (χ4v) is 6.56. The van der Waals surface area contributed by atoms with Crippen molar-refractivity contribution in [1.82, 2.24) is 14.9 Å². The summed E-state index contributed by atoms with van der Waals surface area (Å²) < 4.78 is 39.1. The van der Waals surface area contributed by atoms with E-state index in [-0.39, 0.29) is 12.3 Å². The van der Waals surface area contributed by atoms with E-state index >= 15 is 0 Å². The highest BCUT2D eigenvalue weighted by atomic mass is 32.2. The van der Waals surface area contributed by atoms with E-state index in [4.69, 9.17) is 14.5 Å². The summed E-state index contributed by atoms with van der Waals surface area (Å²) in [5, 5.41) is 7.15. The minimum absolute atomic E-state index is 0.257. The normalized spacial score (nSPS) is 20.0. The Hall–Kier alpha value is -2.62. The van der Waals surface area contributed by atoms with Gasteiger partial charge in [0.15, 0.2) is 11.5 Å². The zero-order chi connectivity index (χ0) is 23.1. The van der Waals surface area contributed by atoms with Crippen molar-refractivity contribution in [2.75, 3.05) is 33.0 Å². The Morgan fingerprint density at radius 2 is 1.88 bits per heavy atom. The van der Waals surface area contributed by atoms with Crippen molar-refractivity contribution in [1.29, 1.82) is 0 Å². The summed E-state index contributed by atoms with van der Waals surface area (Å²) in [5.41, 5.74) is 2.60. The minimum atomic E-state index is -3.52. The summed E-state index contributed by atoms with van der Waals surface area (Å²) in [6, 6.07) is 11.4. The Morgan fingerprint density at radius 3 is 2.67 bits per heavy atom. The molecule has 0 aliphatic carbocycles. The number of rotatable bonds is 4. The van der Waals surface area contributed by atoms with Gasteiger partial charge in [-0.2, -0.15) is 4.31 Å². The number of aliphatic imine (C=N–C) groups is 1. The maximum absolute atomic E-state index is 13.3. The SMILES string of the molecule is Cc1ccc(S(=O)(=O)N2CCC3(CC2)NCCN=C3NCc2ccc3c(c2)OCO3)c(C)c1. The first-order valence-electron chi connectivity index (χ1n) is 11.4. The van der Waals surface area contributed by atoms with Gasteiger partial charge in [-0.1, -0.05) is 23.8 Å². The Balaban J connectivity index is 1.28. The molecule has 176 valence electrons. The highest BCUT2D eigenvalue weighted by Crippen LogP contribution is 2.33.